The van der Waals surface area contributed by atoms with Crippen molar-refractivity contribution >= 4 is 11.9 Å². The summed E-state index contributed by atoms with van der Waals surface area (Å²) in [5.41, 5.74) is 0. The SMILES string of the molecule is CCOC(=O)C1CNCCN1C(=O)C1CCCCCC1. The fourth-order valence-corrected chi connectivity index (χ4v) is 3.18. The topological polar surface area (TPSA) is 58.6 Å². The van der Waals surface area contributed by atoms with E-state index in [1.165, 1.54) is 12.8 Å². The second-order valence-corrected chi connectivity index (χ2v) is 5.69. The Morgan fingerprint density at radius 1 is 1.20 bits per heavy atom. The third kappa shape index (κ3) is 3.72. The standard InChI is InChI=1S/C15H26N2O3/c1-2-20-15(19)13-11-16-9-10-17(13)14(18)12-7-5-3-4-6-8-12/h12-13,16H,2-11H2,1H3. The van der Waals surface area contributed by atoms with Crippen LogP contribution in [0.15, 0.2) is 0 Å². The summed E-state index contributed by atoms with van der Waals surface area (Å²) in [5.74, 6) is -0.0133. The van der Waals surface area contributed by atoms with Crippen LogP contribution in [0.5, 0.6) is 0 Å². The first-order chi connectivity index (χ1) is 9.74. The molecule has 1 heterocycles. The molecule has 0 spiro atoms. The Kier molecular flexibility index (Phi) is 5.83. The molecular weight excluding hydrogens is 256 g/mol. The van der Waals surface area contributed by atoms with E-state index >= 15 is 0 Å². The van der Waals surface area contributed by atoms with Gasteiger partial charge in [0.1, 0.15) is 6.04 Å². The monoisotopic (exact) mass is 282 g/mol. The Labute approximate surface area is 121 Å². The Morgan fingerprint density at radius 3 is 2.55 bits per heavy atom. The first kappa shape index (κ1) is 15.3. The van der Waals surface area contributed by atoms with Crippen LogP contribution in [0.2, 0.25) is 0 Å². The van der Waals surface area contributed by atoms with E-state index in [2.05, 4.69) is 5.32 Å². The van der Waals surface area contributed by atoms with Crippen molar-refractivity contribution in [1.82, 2.24) is 10.2 Å². The van der Waals surface area contributed by atoms with Crippen molar-refractivity contribution in [3.63, 3.8) is 0 Å². The third-order valence-corrected chi connectivity index (χ3v) is 4.29. The van der Waals surface area contributed by atoms with Crippen LogP contribution in [-0.2, 0) is 14.3 Å². The molecular formula is C15H26N2O3. The van der Waals surface area contributed by atoms with Crippen molar-refractivity contribution in [3.05, 3.63) is 0 Å². The molecule has 1 unspecified atom stereocenters. The summed E-state index contributed by atoms with van der Waals surface area (Å²) in [4.78, 5) is 26.5. The average Bonchev–Trinajstić information content (AvgIpc) is 2.76. The average molecular weight is 282 g/mol. The largest absolute Gasteiger partial charge is 0.464 e. The Bertz CT molecular complexity index is 338. The lowest BCUT2D eigenvalue weighted by molar-refractivity contribution is -0.157. The van der Waals surface area contributed by atoms with Gasteiger partial charge in [-0.25, -0.2) is 4.79 Å². The van der Waals surface area contributed by atoms with E-state index in [0.717, 1.165) is 32.2 Å². The fraction of sp³-hybridized carbons (Fsp3) is 0.867. The molecule has 5 nitrogen and oxygen atoms in total. The first-order valence-corrected chi connectivity index (χ1v) is 7.92. The zero-order valence-corrected chi connectivity index (χ0v) is 12.4. The summed E-state index contributed by atoms with van der Waals surface area (Å²) in [6.07, 6.45) is 6.66. The maximum Gasteiger partial charge on any atom is 0.330 e. The Hall–Kier alpha value is -1.10. The van der Waals surface area contributed by atoms with E-state index in [4.69, 9.17) is 4.74 Å². The van der Waals surface area contributed by atoms with Gasteiger partial charge < -0.3 is 15.0 Å². The minimum absolute atomic E-state index is 0.104. The van der Waals surface area contributed by atoms with Gasteiger partial charge in [0.25, 0.3) is 0 Å². The molecule has 1 aliphatic heterocycles. The van der Waals surface area contributed by atoms with E-state index < -0.39 is 6.04 Å². The minimum Gasteiger partial charge on any atom is -0.464 e. The van der Waals surface area contributed by atoms with Gasteiger partial charge in [0.05, 0.1) is 6.61 Å². The highest BCUT2D eigenvalue weighted by Crippen LogP contribution is 2.25. The number of piperazine rings is 1. The molecule has 0 radical (unpaired) electrons. The van der Waals surface area contributed by atoms with Crippen molar-refractivity contribution in [2.45, 2.75) is 51.5 Å². The molecule has 2 aliphatic rings. The summed E-state index contributed by atoms with van der Waals surface area (Å²) in [5, 5.41) is 3.18. The van der Waals surface area contributed by atoms with Gasteiger partial charge >= 0.3 is 5.97 Å². The lowest BCUT2D eigenvalue weighted by atomic mass is 9.97. The predicted octanol–water partition coefficient (Wildman–Crippen LogP) is 1.32. The molecule has 114 valence electrons. The zero-order chi connectivity index (χ0) is 14.4. The van der Waals surface area contributed by atoms with E-state index in [0.29, 0.717) is 19.7 Å². The summed E-state index contributed by atoms with van der Waals surface area (Å²) in [7, 11) is 0. The van der Waals surface area contributed by atoms with Gasteiger partial charge in [-0.1, -0.05) is 25.7 Å². The molecule has 5 heteroatoms. The quantitative estimate of drug-likeness (QED) is 0.626. The number of carbonyl (C=O) groups excluding carboxylic acids is 2. The molecule has 1 aliphatic carbocycles. The number of rotatable bonds is 3. The van der Waals surface area contributed by atoms with Gasteiger partial charge in [-0.05, 0) is 19.8 Å². The number of nitrogens with one attached hydrogen (secondary N) is 1. The third-order valence-electron chi connectivity index (χ3n) is 4.29. The van der Waals surface area contributed by atoms with Crippen molar-refractivity contribution in [2.75, 3.05) is 26.2 Å². The van der Waals surface area contributed by atoms with E-state index in [9.17, 15) is 9.59 Å². The van der Waals surface area contributed by atoms with Crippen molar-refractivity contribution in [3.8, 4) is 0 Å². The highest BCUT2D eigenvalue weighted by atomic mass is 16.5. The Morgan fingerprint density at radius 2 is 1.90 bits per heavy atom. The van der Waals surface area contributed by atoms with Crippen LogP contribution in [-0.4, -0.2) is 49.1 Å². The first-order valence-electron chi connectivity index (χ1n) is 7.92. The molecule has 2 rings (SSSR count). The van der Waals surface area contributed by atoms with Crippen LogP contribution >= 0.6 is 0 Å². The van der Waals surface area contributed by atoms with Crippen LogP contribution in [0.4, 0.5) is 0 Å². The van der Waals surface area contributed by atoms with Gasteiger partial charge in [0.2, 0.25) is 5.91 Å². The molecule has 0 aromatic rings. The number of carbonyl (C=O) groups is 2. The van der Waals surface area contributed by atoms with Gasteiger partial charge in [0, 0.05) is 25.6 Å². The van der Waals surface area contributed by atoms with Crippen LogP contribution < -0.4 is 5.32 Å². The zero-order valence-electron chi connectivity index (χ0n) is 12.4. The van der Waals surface area contributed by atoms with Crippen LogP contribution in [0.25, 0.3) is 0 Å². The van der Waals surface area contributed by atoms with E-state index in [1.54, 1.807) is 11.8 Å². The van der Waals surface area contributed by atoms with Crippen molar-refractivity contribution < 1.29 is 14.3 Å². The number of esters is 1. The van der Waals surface area contributed by atoms with E-state index in [-0.39, 0.29) is 17.8 Å². The number of hydrogen-bond donors (Lipinski definition) is 1. The predicted molar refractivity (Wildman–Crippen MR) is 76.2 cm³/mol. The number of amides is 1. The molecule has 1 atom stereocenters. The molecule has 0 aromatic heterocycles. The minimum atomic E-state index is -0.445. The molecule has 1 amide bonds. The maximum absolute atomic E-state index is 12.7. The Balaban J connectivity index is 2.02. The normalized spacial score (nSPS) is 25.1. The van der Waals surface area contributed by atoms with Crippen molar-refractivity contribution in [1.29, 1.82) is 0 Å². The van der Waals surface area contributed by atoms with Gasteiger partial charge in [0.15, 0.2) is 0 Å². The number of nitrogens with zero attached hydrogens (tertiary/aromatic N) is 1. The molecule has 0 bridgehead atoms. The molecule has 20 heavy (non-hydrogen) atoms. The summed E-state index contributed by atoms with van der Waals surface area (Å²) in [6.45, 7) is 4.04. The smallest absolute Gasteiger partial charge is 0.330 e. The second kappa shape index (κ2) is 7.62. The molecule has 1 saturated heterocycles. The van der Waals surface area contributed by atoms with E-state index in [1.807, 2.05) is 0 Å². The summed E-state index contributed by atoms with van der Waals surface area (Å²) in [6, 6.07) is -0.445. The number of hydrogen-bond acceptors (Lipinski definition) is 4. The van der Waals surface area contributed by atoms with Crippen LogP contribution in [0.3, 0.4) is 0 Å². The summed E-state index contributed by atoms with van der Waals surface area (Å²) >= 11 is 0. The van der Waals surface area contributed by atoms with Gasteiger partial charge in [-0.15, -0.1) is 0 Å². The highest BCUT2D eigenvalue weighted by Gasteiger charge is 2.36. The van der Waals surface area contributed by atoms with Crippen LogP contribution in [0.1, 0.15) is 45.4 Å². The second-order valence-electron chi connectivity index (χ2n) is 5.69. The van der Waals surface area contributed by atoms with Gasteiger partial charge in [-0.3, -0.25) is 4.79 Å². The van der Waals surface area contributed by atoms with Gasteiger partial charge in [-0.2, -0.15) is 0 Å². The molecule has 1 saturated carbocycles. The number of ether oxygens (including phenoxy) is 1. The fourth-order valence-electron chi connectivity index (χ4n) is 3.18. The maximum atomic E-state index is 12.7. The lowest BCUT2D eigenvalue weighted by Crippen LogP contribution is -2.58. The van der Waals surface area contributed by atoms with Crippen molar-refractivity contribution in [2.24, 2.45) is 5.92 Å². The molecule has 0 aromatic carbocycles. The highest BCUT2D eigenvalue weighted by molar-refractivity contribution is 5.86. The molecule has 2 fully saturated rings. The van der Waals surface area contributed by atoms with Crippen LogP contribution in [0, 0.1) is 5.92 Å². The lowest BCUT2D eigenvalue weighted by Gasteiger charge is -2.36. The summed E-state index contributed by atoms with van der Waals surface area (Å²) < 4.78 is 5.10. The molecule has 1 N–H and O–H groups in total.